The lowest BCUT2D eigenvalue weighted by atomic mass is 10.1. The summed E-state index contributed by atoms with van der Waals surface area (Å²) in [5.41, 5.74) is 2.93. The van der Waals surface area contributed by atoms with E-state index in [0.717, 1.165) is 11.3 Å². The fourth-order valence-electron chi connectivity index (χ4n) is 2.69. The third-order valence-electron chi connectivity index (χ3n) is 4.34. The molecule has 7 heteroatoms. The van der Waals surface area contributed by atoms with Crippen LogP contribution in [0.25, 0.3) is 0 Å². The lowest BCUT2D eigenvalue weighted by Gasteiger charge is -2.23. The van der Waals surface area contributed by atoms with Crippen LogP contribution in [0.3, 0.4) is 0 Å². The lowest BCUT2D eigenvalue weighted by molar-refractivity contribution is -0.890. The molecule has 0 aliphatic rings. The van der Waals surface area contributed by atoms with Gasteiger partial charge in [0.1, 0.15) is 6.04 Å². The molecule has 1 aromatic carbocycles. The zero-order valence-electron chi connectivity index (χ0n) is 16.3. The number of carbonyl (C=O) groups is 2. The summed E-state index contributed by atoms with van der Waals surface area (Å²) in [6, 6.07) is 13.7. The molecule has 0 aliphatic carbocycles. The molecule has 144 valence electrons. The van der Waals surface area contributed by atoms with Crippen molar-refractivity contribution < 1.29 is 14.5 Å². The third kappa shape index (κ3) is 6.07. The number of carbonyl (C=O) groups excluding carboxylic acids is 2. The fraction of sp³-hybridized carbons (Fsp3) is 0.350. The summed E-state index contributed by atoms with van der Waals surface area (Å²) in [7, 11) is 8.04. The molecule has 0 aliphatic heterocycles. The number of nitrogens with one attached hydrogen (secondary N) is 3. The highest BCUT2D eigenvalue weighted by Gasteiger charge is 2.21. The van der Waals surface area contributed by atoms with Crippen LogP contribution >= 0.6 is 0 Å². The number of benzene rings is 1. The predicted molar refractivity (Wildman–Crippen MR) is 105 cm³/mol. The minimum atomic E-state index is -0.656. The Labute approximate surface area is 160 Å². The molecule has 1 aromatic heterocycles. The molecule has 1 heterocycles. The fourth-order valence-corrected chi connectivity index (χ4v) is 2.69. The number of quaternary nitrogens is 1. The highest BCUT2D eigenvalue weighted by atomic mass is 16.2. The topological polar surface area (TPSA) is 78.8 Å². The van der Waals surface area contributed by atoms with E-state index < -0.39 is 11.8 Å². The Morgan fingerprint density at radius 2 is 1.70 bits per heavy atom. The molecule has 0 saturated carbocycles. The average Bonchev–Trinajstić information content (AvgIpc) is 2.67. The second-order valence-corrected chi connectivity index (χ2v) is 6.83. The molecule has 0 bridgehead atoms. The van der Waals surface area contributed by atoms with Crippen LogP contribution in [0.1, 0.15) is 17.3 Å². The van der Waals surface area contributed by atoms with Gasteiger partial charge in [-0.15, -0.1) is 0 Å². The van der Waals surface area contributed by atoms with E-state index in [-0.39, 0.29) is 12.6 Å². The monoisotopic (exact) mass is 370 g/mol. The summed E-state index contributed by atoms with van der Waals surface area (Å²) in [5, 5.41) is 5.32. The number of anilines is 1. The van der Waals surface area contributed by atoms with Crippen molar-refractivity contribution in [2.24, 2.45) is 0 Å². The average molecular weight is 370 g/mol. The molecule has 0 unspecified atom stereocenters. The van der Waals surface area contributed by atoms with Gasteiger partial charge in [0.25, 0.3) is 0 Å². The van der Waals surface area contributed by atoms with Gasteiger partial charge in [-0.3, -0.25) is 14.6 Å². The molecular formula is C20H28N5O2+. The maximum Gasteiger partial charge on any atom is 0.309 e. The molecule has 0 spiro atoms. The van der Waals surface area contributed by atoms with Gasteiger partial charge in [0.05, 0.1) is 32.9 Å². The van der Waals surface area contributed by atoms with Crippen LogP contribution in [0.4, 0.5) is 5.69 Å². The summed E-state index contributed by atoms with van der Waals surface area (Å²) in [4.78, 5) is 31.4. The van der Waals surface area contributed by atoms with E-state index in [1.807, 2.05) is 51.3 Å². The number of pyridine rings is 1. The normalized spacial score (nSPS) is 11.7. The maximum atomic E-state index is 12.1. The van der Waals surface area contributed by atoms with Crippen LogP contribution in [0, 0.1) is 0 Å². The Bertz CT molecular complexity index is 745. The number of likely N-dealkylation sites (N-methyl/N-ethyl adjacent to an activating group) is 1. The molecule has 3 N–H and O–H groups in total. The quantitative estimate of drug-likeness (QED) is 0.588. The van der Waals surface area contributed by atoms with Crippen molar-refractivity contribution in [3.63, 3.8) is 0 Å². The zero-order valence-corrected chi connectivity index (χ0v) is 16.3. The van der Waals surface area contributed by atoms with Gasteiger partial charge in [-0.1, -0.05) is 18.2 Å². The number of amides is 2. The number of rotatable bonds is 7. The number of aromatic nitrogens is 1. The standard InChI is InChI=1S/C20H27N5O2/c1-24(2)17-10-8-15(9-11-17)18(25(3)4)14-23-20(27)19(26)22-13-16-7-5-6-12-21-16/h5-12,18H,13-14H2,1-4H3,(H,22,26)(H,23,27)/p+1/t18-/m1/s1. The van der Waals surface area contributed by atoms with Gasteiger partial charge in [0, 0.05) is 31.5 Å². The van der Waals surface area contributed by atoms with Gasteiger partial charge in [0.15, 0.2) is 0 Å². The van der Waals surface area contributed by atoms with Crippen LogP contribution < -0.4 is 20.4 Å². The van der Waals surface area contributed by atoms with Crippen molar-refractivity contribution in [1.29, 1.82) is 0 Å². The molecular weight excluding hydrogens is 342 g/mol. The number of hydrogen-bond donors (Lipinski definition) is 3. The molecule has 0 fully saturated rings. The molecule has 0 radical (unpaired) electrons. The van der Waals surface area contributed by atoms with Crippen molar-refractivity contribution in [2.45, 2.75) is 12.6 Å². The molecule has 2 amide bonds. The second-order valence-electron chi connectivity index (χ2n) is 6.83. The van der Waals surface area contributed by atoms with E-state index in [0.29, 0.717) is 12.2 Å². The van der Waals surface area contributed by atoms with E-state index in [1.54, 1.807) is 18.3 Å². The Morgan fingerprint density at radius 1 is 1.04 bits per heavy atom. The Kier molecular flexibility index (Phi) is 7.31. The highest BCUT2D eigenvalue weighted by Crippen LogP contribution is 2.16. The number of hydrogen-bond acceptors (Lipinski definition) is 4. The Balaban J connectivity index is 1.90. The summed E-state index contributed by atoms with van der Waals surface area (Å²) in [6.07, 6.45) is 1.65. The van der Waals surface area contributed by atoms with Crippen molar-refractivity contribution in [1.82, 2.24) is 15.6 Å². The van der Waals surface area contributed by atoms with Crippen molar-refractivity contribution in [2.75, 3.05) is 39.6 Å². The summed E-state index contributed by atoms with van der Waals surface area (Å²) in [5.74, 6) is -1.29. The third-order valence-corrected chi connectivity index (χ3v) is 4.34. The first-order valence-electron chi connectivity index (χ1n) is 8.91. The van der Waals surface area contributed by atoms with Crippen molar-refractivity contribution in [3.8, 4) is 0 Å². The number of nitrogens with zero attached hydrogens (tertiary/aromatic N) is 2. The van der Waals surface area contributed by atoms with E-state index in [4.69, 9.17) is 0 Å². The van der Waals surface area contributed by atoms with Crippen molar-refractivity contribution in [3.05, 3.63) is 59.9 Å². The minimum Gasteiger partial charge on any atom is -0.378 e. The maximum absolute atomic E-state index is 12.1. The first-order valence-corrected chi connectivity index (χ1v) is 8.91. The molecule has 2 aromatic rings. The Morgan fingerprint density at radius 3 is 2.26 bits per heavy atom. The van der Waals surface area contributed by atoms with Crippen LogP contribution in [-0.2, 0) is 16.1 Å². The minimum absolute atomic E-state index is 0.0498. The van der Waals surface area contributed by atoms with Gasteiger partial charge in [0.2, 0.25) is 0 Å². The van der Waals surface area contributed by atoms with Gasteiger partial charge >= 0.3 is 11.8 Å². The summed E-state index contributed by atoms with van der Waals surface area (Å²) < 4.78 is 0. The molecule has 7 nitrogen and oxygen atoms in total. The molecule has 27 heavy (non-hydrogen) atoms. The first kappa shape index (κ1) is 20.4. The smallest absolute Gasteiger partial charge is 0.309 e. The van der Waals surface area contributed by atoms with Gasteiger partial charge < -0.3 is 20.4 Å². The van der Waals surface area contributed by atoms with E-state index in [2.05, 4.69) is 27.8 Å². The summed E-state index contributed by atoms with van der Waals surface area (Å²) in [6.45, 7) is 0.598. The van der Waals surface area contributed by atoms with Crippen molar-refractivity contribution >= 4 is 17.5 Å². The zero-order chi connectivity index (χ0) is 19.8. The molecule has 2 rings (SSSR count). The SMILES string of the molecule is CN(C)c1ccc([C@@H](CNC(=O)C(=O)NCc2ccccn2)[NH+](C)C)cc1. The van der Waals surface area contributed by atoms with Gasteiger partial charge in [-0.25, -0.2) is 0 Å². The predicted octanol–water partition coefficient (Wildman–Crippen LogP) is -0.234. The van der Waals surface area contributed by atoms with Gasteiger partial charge in [-0.2, -0.15) is 0 Å². The molecule has 1 atom stereocenters. The molecule has 0 saturated heterocycles. The van der Waals surface area contributed by atoms with E-state index in [9.17, 15) is 9.59 Å². The first-order chi connectivity index (χ1) is 12.9. The highest BCUT2D eigenvalue weighted by molar-refractivity contribution is 6.35. The van der Waals surface area contributed by atoms with Crippen LogP contribution in [0.15, 0.2) is 48.7 Å². The lowest BCUT2D eigenvalue weighted by Crippen LogP contribution is -3.07. The van der Waals surface area contributed by atoms with Crippen LogP contribution in [0.2, 0.25) is 0 Å². The van der Waals surface area contributed by atoms with E-state index >= 15 is 0 Å². The van der Waals surface area contributed by atoms with Gasteiger partial charge in [-0.05, 0) is 24.3 Å². The van der Waals surface area contributed by atoms with Crippen LogP contribution in [-0.4, -0.2) is 51.5 Å². The van der Waals surface area contributed by atoms with E-state index in [1.165, 1.54) is 4.90 Å². The summed E-state index contributed by atoms with van der Waals surface area (Å²) >= 11 is 0. The second kappa shape index (κ2) is 9.68. The van der Waals surface area contributed by atoms with Crippen LogP contribution in [0.5, 0.6) is 0 Å². The largest absolute Gasteiger partial charge is 0.378 e. The Hall–Kier alpha value is -2.93.